The van der Waals surface area contributed by atoms with E-state index in [9.17, 15) is 19.0 Å². The Morgan fingerprint density at radius 2 is 0.772 bits per heavy atom. The molecule has 0 fully saturated rings. The van der Waals surface area contributed by atoms with Crippen LogP contribution in [0, 0.1) is 0 Å². The van der Waals surface area contributed by atoms with E-state index in [0.717, 1.165) is 77.0 Å². The van der Waals surface area contributed by atoms with Crippen molar-refractivity contribution < 1.29 is 37.3 Å². The second-order valence-corrected chi connectivity index (χ2v) is 25.4. The fourth-order valence-corrected chi connectivity index (χ4v) is 10.4. The number of amides is 1. The molecule has 0 radical (unpaired) electrons. The summed E-state index contributed by atoms with van der Waals surface area (Å²) in [6.45, 7) is 6.82. The van der Waals surface area contributed by atoms with Gasteiger partial charge in [0.05, 0.1) is 33.8 Å². The predicted octanol–water partition coefficient (Wildman–Crippen LogP) is 20.4. The molecule has 0 aliphatic rings. The van der Waals surface area contributed by atoms with Crippen LogP contribution in [0.25, 0.3) is 0 Å². The molecule has 1 N–H and O–H groups in total. The largest absolute Gasteiger partial charge is 0.756 e. The van der Waals surface area contributed by atoms with Crippen molar-refractivity contribution in [2.75, 3.05) is 40.9 Å². The number of esters is 1. The molecule has 0 aromatic rings. The molecule has 3 atom stereocenters. The van der Waals surface area contributed by atoms with Crippen LogP contribution in [0.4, 0.5) is 0 Å². The smallest absolute Gasteiger partial charge is 0.306 e. The molecule has 0 aromatic carbocycles. The summed E-state index contributed by atoms with van der Waals surface area (Å²) in [6, 6.07) is -0.896. The zero-order valence-electron chi connectivity index (χ0n) is 52.8. The maximum atomic E-state index is 13.5. The normalized spacial score (nSPS) is 14.0. The fraction of sp³-hybridized carbons (Fsp3) is 0.826. The third kappa shape index (κ3) is 60.1. The first kappa shape index (κ1) is 76.7. The first-order valence-electron chi connectivity index (χ1n) is 33.6. The van der Waals surface area contributed by atoms with E-state index in [1.807, 2.05) is 33.3 Å². The third-order valence-corrected chi connectivity index (χ3v) is 15.9. The molecular weight excluding hydrogens is 1000 g/mol. The Morgan fingerprint density at radius 3 is 1.20 bits per heavy atom. The van der Waals surface area contributed by atoms with E-state index >= 15 is 0 Å². The van der Waals surface area contributed by atoms with E-state index in [1.54, 1.807) is 0 Å². The number of ether oxygens (including phenoxy) is 1. The molecule has 0 saturated heterocycles. The lowest BCUT2D eigenvalue weighted by Gasteiger charge is -2.30. The van der Waals surface area contributed by atoms with Gasteiger partial charge in [-0.2, -0.15) is 0 Å². The van der Waals surface area contributed by atoms with Crippen LogP contribution in [-0.4, -0.2) is 69.4 Å². The van der Waals surface area contributed by atoms with E-state index in [-0.39, 0.29) is 24.9 Å². The van der Waals surface area contributed by atoms with Gasteiger partial charge in [0.2, 0.25) is 5.91 Å². The molecule has 79 heavy (non-hydrogen) atoms. The number of carbonyl (C=O) groups is 2. The van der Waals surface area contributed by atoms with Crippen LogP contribution in [0.1, 0.15) is 316 Å². The van der Waals surface area contributed by atoms with Crippen molar-refractivity contribution in [3.8, 4) is 0 Å². The Kier molecular flexibility index (Phi) is 57.2. The van der Waals surface area contributed by atoms with Crippen LogP contribution >= 0.6 is 7.82 Å². The molecule has 0 heterocycles. The standard InChI is InChI=1S/C69H129N2O7P/c1-7-10-13-16-19-22-25-28-29-30-31-32-33-34-35-36-37-38-39-40-41-44-47-50-53-56-59-62-69(73)78-67(60-57-54-51-48-45-42-26-23-20-17-14-11-8-2)66(65-77-79(74,75)76-64-63-71(4,5)6)70-68(72)61-58-55-52-49-46-43-27-24-21-18-15-12-9-3/h19,22,28-29,31-32,43,46,57,60,66-67H,7-18,20-21,23-27,30,33-42,44-45,47-56,58-59,61-65H2,1-6H3,(H-,70,72,74,75)/b22-19-,29-28-,32-31-,46-43-,60-57-. The number of unbranched alkanes of at least 4 members (excludes halogenated alkanes) is 37. The third-order valence-electron chi connectivity index (χ3n) is 14.9. The predicted molar refractivity (Wildman–Crippen MR) is 339 cm³/mol. The fourth-order valence-electron chi connectivity index (χ4n) is 9.70. The lowest BCUT2D eigenvalue weighted by Crippen LogP contribution is -2.47. The number of nitrogens with zero attached hydrogens (tertiary/aromatic N) is 1. The van der Waals surface area contributed by atoms with Crippen LogP contribution in [0.3, 0.4) is 0 Å². The number of quaternary nitrogens is 1. The minimum Gasteiger partial charge on any atom is -0.756 e. The Balaban J connectivity index is 5.05. The summed E-state index contributed by atoms with van der Waals surface area (Å²) in [5.74, 6) is -0.551. The molecular formula is C69H129N2O7P. The number of phosphoric acid groups is 1. The quantitative estimate of drug-likeness (QED) is 0.0212. The Morgan fingerprint density at radius 1 is 0.443 bits per heavy atom. The number of allylic oxidation sites excluding steroid dienone is 9. The SMILES string of the molecule is CCCCC/C=C\C/C=C\C/C=C\CCCCCCCCCCCCCCCCC(=O)OC(/C=C\CCCCCCCCCCCCC)C(COP(=O)([O-])OCC[N+](C)(C)C)NC(=O)CCCCC/C=C\CCCCCCCC. The highest BCUT2D eigenvalue weighted by Crippen LogP contribution is 2.38. The van der Waals surface area contributed by atoms with Crippen LogP contribution in [0.2, 0.25) is 0 Å². The van der Waals surface area contributed by atoms with Crippen molar-refractivity contribution in [2.24, 2.45) is 0 Å². The molecule has 0 aromatic heterocycles. The zero-order valence-corrected chi connectivity index (χ0v) is 53.7. The molecule has 1 amide bonds. The molecule has 3 unspecified atom stereocenters. The molecule has 0 rings (SSSR count). The number of rotatable bonds is 61. The minimum absolute atomic E-state index is 0.0249. The van der Waals surface area contributed by atoms with Gasteiger partial charge in [0, 0.05) is 12.8 Å². The Bertz CT molecular complexity index is 1540. The molecule has 462 valence electrons. The summed E-state index contributed by atoms with van der Waals surface area (Å²) < 4.78 is 30.4. The van der Waals surface area contributed by atoms with Gasteiger partial charge in [0.1, 0.15) is 19.3 Å². The number of hydrogen-bond acceptors (Lipinski definition) is 7. The second-order valence-electron chi connectivity index (χ2n) is 24.0. The highest BCUT2D eigenvalue weighted by Gasteiger charge is 2.27. The van der Waals surface area contributed by atoms with Crippen molar-refractivity contribution in [2.45, 2.75) is 328 Å². The van der Waals surface area contributed by atoms with Crippen LogP contribution in [0.5, 0.6) is 0 Å². The maximum Gasteiger partial charge on any atom is 0.306 e. The average Bonchev–Trinajstić information content (AvgIpc) is 3.41. The van der Waals surface area contributed by atoms with E-state index in [4.69, 9.17) is 13.8 Å². The molecule has 0 aliphatic carbocycles. The summed E-state index contributed by atoms with van der Waals surface area (Å²) in [7, 11) is 1.18. The van der Waals surface area contributed by atoms with Crippen molar-refractivity contribution in [1.29, 1.82) is 0 Å². The van der Waals surface area contributed by atoms with Crippen molar-refractivity contribution in [3.63, 3.8) is 0 Å². The maximum absolute atomic E-state index is 13.5. The zero-order chi connectivity index (χ0) is 57.9. The van der Waals surface area contributed by atoms with Gasteiger partial charge in [-0.05, 0) is 96.0 Å². The van der Waals surface area contributed by atoms with Gasteiger partial charge in [0.15, 0.2) is 0 Å². The van der Waals surface area contributed by atoms with Crippen LogP contribution < -0.4 is 10.2 Å². The number of nitrogens with one attached hydrogen (secondary N) is 1. The van der Waals surface area contributed by atoms with Gasteiger partial charge in [-0.15, -0.1) is 0 Å². The summed E-state index contributed by atoms with van der Waals surface area (Å²) >= 11 is 0. The minimum atomic E-state index is -4.70. The van der Waals surface area contributed by atoms with Gasteiger partial charge < -0.3 is 28.5 Å². The number of hydrogen-bond donors (Lipinski definition) is 1. The van der Waals surface area contributed by atoms with Gasteiger partial charge in [-0.25, -0.2) is 0 Å². The van der Waals surface area contributed by atoms with Crippen LogP contribution in [0.15, 0.2) is 60.8 Å². The topological polar surface area (TPSA) is 114 Å². The first-order chi connectivity index (χ1) is 38.4. The summed E-state index contributed by atoms with van der Waals surface area (Å²) in [6.07, 6.45) is 74.8. The molecule has 10 heteroatoms. The molecule has 0 aliphatic heterocycles. The molecule has 0 spiro atoms. The van der Waals surface area contributed by atoms with E-state index < -0.39 is 26.6 Å². The first-order valence-corrected chi connectivity index (χ1v) is 35.1. The van der Waals surface area contributed by atoms with Gasteiger partial charge in [0.25, 0.3) is 7.82 Å². The van der Waals surface area contributed by atoms with Crippen LogP contribution in [-0.2, 0) is 27.9 Å². The molecule has 0 bridgehead atoms. The second kappa shape index (κ2) is 58.9. The summed E-state index contributed by atoms with van der Waals surface area (Å²) in [5, 5.41) is 3.02. The lowest BCUT2D eigenvalue weighted by molar-refractivity contribution is -0.870. The van der Waals surface area contributed by atoms with Gasteiger partial charge >= 0.3 is 5.97 Å². The summed E-state index contributed by atoms with van der Waals surface area (Å²) in [4.78, 5) is 40.0. The Labute approximate surface area is 490 Å². The highest BCUT2D eigenvalue weighted by atomic mass is 31.2. The number of carbonyl (C=O) groups excluding carboxylic acids is 2. The molecule has 0 saturated carbocycles. The average molecular weight is 1130 g/mol. The van der Waals surface area contributed by atoms with E-state index in [1.165, 1.54) is 199 Å². The Hall–Kier alpha value is -2.29. The van der Waals surface area contributed by atoms with Gasteiger partial charge in [-0.1, -0.05) is 268 Å². The van der Waals surface area contributed by atoms with E-state index in [0.29, 0.717) is 23.9 Å². The monoisotopic (exact) mass is 1130 g/mol. The molecule has 9 nitrogen and oxygen atoms in total. The van der Waals surface area contributed by atoms with Crippen molar-refractivity contribution >= 4 is 19.7 Å². The van der Waals surface area contributed by atoms with E-state index in [2.05, 4.69) is 74.7 Å². The number of likely N-dealkylation sites (N-methyl/N-ethyl adjacent to an activating group) is 1. The van der Waals surface area contributed by atoms with Crippen molar-refractivity contribution in [3.05, 3.63) is 60.8 Å². The van der Waals surface area contributed by atoms with Crippen molar-refractivity contribution in [1.82, 2.24) is 5.32 Å². The summed E-state index contributed by atoms with van der Waals surface area (Å²) in [5.41, 5.74) is 0. The number of phosphoric ester groups is 1. The lowest BCUT2D eigenvalue weighted by atomic mass is 10.0. The van der Waals surface area contributed by atoms with Gasteiger partial charge in [-0.3, -0.25) is 14.2 Å². The highest BCUT2D eigenvalue weighted by molar-refractivity contribution is 7.45.